The molecular formula is C26H20F5N7O5S. The van der Waals surface area contributed by atoms with Crippen LogP contribution in [0.4, 0.5) is 22.0 Å². The fraction of sp³-hybridized carbons (Fsp3) is 0.231. The summed E-state index contributed by atoms with van der Waals surface area (Å²) in [5.74, 6) is -6.57. The van der Waals surface area contributed by atoms with Gasteiger partial charge in [-0.2, -0.15) is 31.7 Å². The highest BCUT2D eigenvalue weighted by atomic mass is 32.2. The number of imidazole rings is 1. The smallest absolute Gasteiger partial charge is 0.458 e. The molecule has 12 nitrogen and oxygen atoms in total. The summed E-state index contributed by atoms with van der Waals surface area (Å²) < 4.78 is 101. The van der Waals surface area contributed by atoms with Crippen molar-refractivity contribution in [2.24, 2.45) is 7.05 Å². The van der Waals surface area contributed by atoms with E-state index >= 15 is 0 Å². The molecule has 0 saturated carbocycles. The molecule has 0 unspecified atom stereocenters. The van der Waals surface area contributed by atoms with Crippen molar-refractivity contribution in [3.8, 4) is 23.0 Å². The minimum Gasteiger partial charge on any atom is -0.465 e. The number of hydrogen-bond donors (Lipinski definition) is 0. The highest BCUT2D eigenvalue weighted by Crippen LogP contribution is 2.44. The Labute approximate surface area is 244 Å². The Hall–Kier alpha value is -5.00. The first-order valence-electron chi connectivity index (χ1n) is 12.5. The molecule has 230 valence electrons. The maximum atomic E-state index is 14.0. The molecule has 5 aromatic rings. The van der Waals surface area contributed by atoms with Gasteiger partial charge in [0.2, 0.25) is 0 Å². The first-order valence-corrected chi connectivity index (χ1v) is 14.1. The first-order chi connectivity index (χ1) is 20.6. The average Bonchev–Trinajstić information content (AvgIpc) is 3.54. The Morgan fingerprint density at radius 3 is 2.32 bits per heavy atom. The molecule has 0 bridgehead atoms. The van der Waals surface area contributed by atoms with E-state index in [2.05, 4.69) is 24.8 Å². The van der Waals surface area contributed by atoms with Crippen LogP contribution < -0.4 is 5.69 Å². The second-order valence-electron chi connectivity index (χ2n) is 9.29. The zero-order valence-electron chi connectivity index (χ0n) is 22.9. The van der Waals surface area contributed by atoms with Crippen LogP contribution in [0.5, 0.6) is 0 Å². The van der Waals surface area contributed by atoms with Crippen LogP contribution in [-0.4, -0.2) is 67.3 Å². The van der Waals surface area contributed by atoms with Crippen LogP contribution in [-0.2, 0) is 27.5 Å². The summed E-state index contributed by atoms with van der Waals surface area (Å²) in [6.07, 6.45) is -4.37. The van der Waals surface area contributed by atoms with E-state index < -0.39 is 39.2 Å². The largest absolute Gasteiger partial charge is 0.465 e. The third kappa shape index (κ3) is 4.99. The number of methoxy groups -OCH3 is 1. The Morgan fingerprint density at radius 1 is 1.02 bits per heavy atom. The Bertz CT molecular complexity index is 2080. The summed E-state index contributed by atoms with van der Waals surface area (Å²) in [7, 11) is -1.44. The van der Waals surface area contributed by atoms with Crippen LogP contribution in [0.2, 0.25) is 0 Å². The van der Waals surface area contributed by atoms with E-state index in [9.17, 15) is 40.0 Å². The van der Waals surface area contributed by atoms with Gasteiger partial charge in [-0.25, -0.2) is 37.5 Å². The van der Waals surface area contributed by atoms with Gasteiger partial charge in [-0.05, 0) is 42.5 Å². The van der Waals surface area contributed by atoms with Crippen LogP contribution in [0.3, 0.4) is 0 Å². The van der Waals surface area contributed by atoms with Gasteiger partial charge in [0.1, 0.15) is 17.5 Å². The molecule has 5 rings (SSSR count). The number of aromatic nitrogens is 7. The van der Waals surface area contributed by atoms with Gasteiger partial charge < -0.3 is 9.30 Å². The number of rotatable bonds is 7. The third-order valence-electron chi connectivity index (χ3n) is 6.65. The molecule has 44 heavy (non-hydrogen) atoms. The summed E-state index contributed by atoms with van der Waals surface area (Å²) in [5, 5.41) is 4.04. The molecule has 0 amide bonds. The lowest BCUT2D eigenvalue weighted by Gasteiger charge is -2.19. The molecule has 0 radical (unpaired) electrons. The van der Waals surface area contributed by atoms with Crippen molar-refractivity contribution in [2.75, 3.05) is 12.9 Å². The summed E-state index contributed by atoms with van der Waals surface area (Å²) in [4.78, 5) is 36.8. The van der Waals surface area contributed by atoms with Crippen molar-refractivity contribution in [3.63, 3.8) is 0 Å². The van der Waals surface area contributed by atoms with Crippen molar-refractivity contribution >= 4 is 27.0 Å². The van der Waals surface area contributed by atoms with E-state index in [4.69, 9.17) is 0 Å². The van der Waals surface area contributed by atoms with Crippen molar-refractivity contribution in [2.45, 2.75) is 23.9 Å². The second kappa shape index (κ2) is 10.6. The van der Waals surface area contributed by atoms with Crippen LogP contribution in [0.25, 0.3) is 34.2 Å². The summed E-state index contributed by atoms with van der Waals surface area (Å²) in [5.41, 5.74) is -2.46. The summed E-state index contributed by atoms with van der Waals surface area (Å²) in [6.45, 7) is 1.37. The van der Waals surface area contributed by atoms with Gasteiger partial charge in [0.05, 0.1) is 34.6 Å². The van der Waals surface area contributed by atoms with Gasteiger partial charge in [0.25, 0.3) is 0 Å². The fourth-order valence-corrected chi connectivity index (χ4v) is 5.28. The number of alkyl halides is 5. The molecule has 18 heteroatoms. The lowest BCUT2D eigenvalue weighted by Crippen LogP contribution is -2.33. The highest BCUT2D eigenvalue weighted by Gasteiger charge is 2.59. The second-order valence-corrected chi connectivity index (χ2v) is 11.5. The summed E-state index contributed by atoms with van der Waals surface area (Å²) in [6, 6.07) is 8.69. The topological polar surface area (TPSA) is 144 Å². The number of ether oxygens (including phenoxy) is 1. The quantitative estimate of drug-likeness (QED) is 0.193. The van der Waals surface area contributed by atoms with E-state index in [0.717, 1.165) is 21.6 Å². The molecule has 0 fully saturated rings. The van der Waals surface area contributed by atoms with Gasteiger partial charge in [0.15, 0.2) is 27.1 Å². The molecule has 0 aliphatic carbocycles. The number of benzene rings is 1. The average molecular weight is 638 g/mol. The zero-order chi connectivity index (χ0) is 32.2. The number of fused-ring (bicyclic) bond motifs is 1. The number of carbonyl (C=O) groups excluding carboxylic acids is 1. The molecular weight excluding hydrogens is 617 g/mol. The molecule has 0 saturated heterocycles. The number of halogens is 5. The van der Waals surface area contributed by atoms with Gasteiger partial charge in [-0.15, -0.1) is 0 Å². The van der Waals surface area contributed by atoms with E-state index in [0.29, 0.717) is 18.0 Å². The minimum atomic E-state index is -5.89. The Kier molecular flexibility index (Phi) is 7.35. The number of hydrogen-bond acceptors (Lipinski definition) is 9. The van der Waals surface area contributed by atoms with Crippen molar-refractivity contribution < 1.29 is 39.9 Å². The number of pyridine rings is 2. The lowest BCUT2D eigenvalue weighted by molar-refractivity contribution is -0.289. The standard InChI is InChI=1S/C26H20F5N7O5S/c1-4-44(41,42)18-9-10-19(38-24(40)37(13-33-38)16-7-5-14(6-8-16)23(39)43-3)35-20(18)22-34-17-11-15(12-32-21(17)36(22)2)25(27,28)26(29,30)31/h5-13H,4H2,1-3H3. The van der Waals surface area contributed by atoms with E-state index in [-0.39, 0.29) is 44.7 Å². The predicted molar refractivity (Wildman–Crippen MR) is 143 cm³/mol. The molecule has 0 atom stereocenters. The molecule has 4 heterocycles. The Balaban J connectivity index is 1.65. The SMILES string of the molecule is CCS(=O)(=O)c1ccc(-n2ncn(-c3ccc(C(=O)OC)cc3)c2=O)nc1-c1nc2cc(C(F)(F)C(F)(F)F)cnc2n1C. The van der Waals surface area contributed by atoms with Gasteiger partial charge in [-0.3, -0.25) is 0 Å². The molecule has 0 aliphatic rings. The molecule has 4 aromatic heterocycles. The maximum absolute atomic E-state index is 14.0. The van der Waals surface area contributed by atoms with E-state index in [1.807, 2.05) is 0 Å². The van der Waals surface area contributed by atoms with Crippen LogP contribution in [0, 0.1) is 0 Å². The summed E-state index contributed by atoms with van der Waals surface area (Å²) >= 11 is 0. The van der Waals surface area contributed by atoms with Gasteiger partial charge in [-0.1, -0.05) is 6.92 Å². The van der Waals surface area contributed by atoms with Gasteiger partial charge >= 0.3 is 23.8 Å². The first kappa shape index (κ1) is 30.5. The third-order valence-corrected chi connectivity index (χ3v) is 8.41. The van der Waals surface area contributed by atoms with Crippen molar-refractivity contribution in [1.29, 1.82) is 0 Å². The maximum Gasteiger partial charge on any atom is 0.458 e. The van der Waals surface area contributed by atoms with E-state index in [1.54, 1.807) is 0 Å². The van der Waals surface area contributed by atoms with Gasteiger partial charge in [0, 0.05) is 13.2 Å². The van der Waals surface area contributed by atoms with E-state index in [1.165, 1.54) is 56.0 Å². The lowest BCUT2D eigenvalue weighted by atomic mass is 10.1. The molecule has 1 aromatic carbocycles. The number of nitrogens with zero attached hydrogens (tertiary/aromatic N) is 7. The zero-order valence-corrected chi connectivity index (χ0v) is 23.7. The number of sulfone groups is 1. The van der Waals surface area contributed by atoms with Crippen LogP contribution in [0.1, 0.15) is 22.8 Å². The number of carbonyl (C=O) groups is 1. The van der Waals surface area contributed by atoms with Crippen LogP contribution in [0.15, 0.2) is 64.7 Å². The Morgan fingerprint density at radius 2 is 1.70 bits per heavy atom. The number of aryl methyl sites for hydroxylation is 1. The number of esters is 1. The van der Waals surface area contributed by atoms with Crippen molar-refractivity contribution in [3.05, 3.63) is 76.6 Å². The predicted octanol–water partition coefficient (Wildman–Crippen LogP) is 3.60. The fourth-order valence-electron chi connectivity index (χ4n) is 4.26. The molecule has 0 aliphatic heterocycles. The van der Waals surface area contributed by atoms with Crippen molar-refractivity contribution in [1.82, 2.24) is 33.9 Å². The monoisotopic (exact) mass is 637 g/mol. The molecule has 0 spiro atoms. The van der Waals surface area contributed by atoms with Crippen LogP contribution >= 0.6 is 0 Å². The normalized spacial score (nSPS) is 12.5. The minimum absolute atomic E-state index is 0.134. The molecule has 0 N–H and O–H groups in total. The highest BCUT2D eigenvalue weighted by molar-refractivity contribution is 7.91.